The first-order valence-electron chi connectivity index (χ1n) is 7.22. The number of Topliss-reactive ketones (excluding diaryl/α,β-unsaturated/α-hetero) is 1. The minimum absolute atomic E-state index is 0.117. The second-order valence-electron chi connectivity index (χ2n) is 5.21. The molecular formula is C17H18N2O2S. The molecular weight excluding hydrogens is 296 g/mol. The van der Waals surface area contributed by atoms with Crippen molar-refractivity contribution >= 4 is 23.6 Å². The number of fused-ring (bicyclic) bond motifs is 1. The standard InChI is InChI=1S/C17H18N2O2S/c1-12-15(9-13-10-18-19(11-13)7-8-21-2)17(20)14-5-3-4-6-16(14)22-12/h3-6,9-12H,7-8H2,1-2H3. The number of benzene rings is 1. The minimum atomic E-state index is 0.117. The zero-order valence-corrected chi connectivity index (χ0v) is 13.5. The van der Waals surface area contributed by atoms with Gasteiger partial charge in [0.1, 0.15) is 0 Å². The molecule has 2 aromatic rings. The van der Waals surface area contributed by atoms with Gasteiger partial charge >= 0.3 is 0 Å². The van der Waals surface area contributed by atoms with Crippen molar-refractivity contribution in [1.29, 1.82) is 0 Å². The second kappa shape index (κ2) is 6.50. The molecule has 4 nitrogen and oxygen atoms in total. The second-order valence-corrected chi connectivity index (χ2v) is 6.60. The summed E-state index contributed by atoms with van der Waals surface area (Å²) in [4.78, 5) is 13.7. The molecule has 0 radical (unpaired) electrons. The van der Waals surface area contributed by atoms with Crippen LogP contribution < -0.4 is 0 Å². The molecule has 1 aromatic carbocycles. The maximum atomic E-state index is 12.7. The SMILES string of the molecule is COCCn1cc(C=C2C(=O)c3ccccc3SC2C)cn1. The molecule has 1 aromatic heterocycles. The number of aromatic nitrogens is 2. The number of ether oxygens (including phenoxy) is 1. The van der Waals surface area contributed by atoms with Crippen molar-refractivity contribution in [3.63, 3.8) is 0 Å². The Hall–Kier alpha value is -1.85. The number of carbonyl (C=O) groups is 1. The quantitative estimate of drug-likeness (QED) is 0.812. The van der Waals surface area contributed by atoms with Crippen LogP contribution >= 0.6 is 11.8 Å². The Morgan fingerprint density at radius 3 is 3.05 bits per heavy atom. The summed E-state index contributed by atoms with van der Waals surface area (Å²) in [5.41, 5.74) is 2.57. The van der Waals surface area contributed by atoms with E-state index in [-0.39, 0.29) is 11.0 Å². The highest BCUT2D eigenvalue weighted by Crippen LogP contribution is 2.38. The van der Waals surface area contributed by atoms with Gasteiger partial charge in [-0.15, -0.1) is 11.8 Å². The molecule has 1 atom stereocenters. The third-order valence-electron chi connectivity index (χ3n) is 3.64. The van der Waals surface area contributed by atoms with E-state index in [1.165, 1.54) is 0 Å². The van der Waals surface area contributed by atoms with E-state index in [2.05, 4.69) is 12.0 Å². The fourth-order valence-electron chi connectivity index (χ4n) is 2.47. The average molecular weight is 314 g/mol. The van der Waals surface area contributed by atoms with Gasteiger partial charge in [0, 0.05) is 40.2 Å². The molecule has 0 bridgehead atoms. The number of ketones is 1. The molecule has 0 amide bonds. The first-order chi connectivity index (χ1) is 10.7. The van der Waals surface area contributed by atoms with E-state index in [9.17, 15) is 4.79 Å². The molecule has 0 spiro atoms. The largest absolute Gasteiger partial charge is 0.383 e. The van der Waals surface area contributed by atoms with E-state index in [1.54, 1.807) is 25.1 Å². The smallest absolute Gasteiger partial charge is 0.191 e. The Morgan fingerprint density at radius 2 is 2.23 bits per heavy atom. The van der Waals surface area contributed by atoms with E-state index in [4.69, 9.17) is 4.74 Å². The van der Waals surface area contributed by atoms with Crippen LogP contribution in [0.25, 0.3) is 6.08 Å². The number of methoxy groups -OCH3 is 1. The van der Waals surface area contributed by atoms with Crippen LogP contribution in [0.2, 0.25) is 0 Å². The number of rotatable bonds is 4. The molecule has 0 aliphatic carbocycles. The van der Waals surface area contributed by atoms with E-state index in [1.807, 2.05) is 41.2 Å². The Kier molecular flexibility index (Phi) is 4.45. The lowest BCUT2D eigenvalue weighted by Gasteiger charge is -2.22. The van der Waals surface area contributed by atoms with E-state index < -0.39 is 0 Å². The van der Waals surface area contributed by atoms with Crippen molar-refractivity contribution in [2.75, 3.05) is 13.7 Å². The maximum Gasteiger partial charge on any atom is 0.191 e. The van der Waals surface area contributed by atoms with Crippen LogP contribution in [0.1, 0.15) is 22.8 Å². The lowest BCUT2D eigenvalue weighted by molar-refractivity contribution is 0.102. The summed E-state index contributed by atoms with van der Waals surface area (Å²) in [6, 6.07) is 7.79. The summed E-state index contributed by atoms with van der Waals surface area (Å²) in [6.45, 7) is 3.40. The average Bonchev–Trinajstić information content (AvgIpc) is 2.97. The summed E-state index contributed by atoms with van der Waals surface area (Å²) < 4.78 is 6.87. The summed E-state index contributed by atoms with van der Waals surface area (Å²) >= 11 is 1.73. The highest BCUT2D eigenvalue weighted by Gasteiger charge is 2.27. The zero-order chi connectivity index (χ0) is 15.5. The molecule has 0 saturated heterocycles. The molecule has 5 heteroatoms. The third-order valence-corrected chi connectivity index (χ3v) is 4.85. The van der Waals surface area contributed by atoms with Crippen LogP contribution in [-0.4, -0.2) is 34.5 Å². The van der Waals surface area contributed by atoms with Crippen molar-refractivity contribution in [2.24, 2.45) is 0 Å². The van der Waals surface area contributed by atoms with Gasteiger partial charge in [0.2, 0.25) is 0 Å². The fraction of sp³-hybridized carbons (Fsp3) is 0.294. The highest BCUT2D eigenvalue weighted by atomic mass is 32.2. The summed E-state index contributed by atoms with van der Waals surface area (Å²) in [5, 5.41) is 4.43. The Labute approximate surface area is 134 Å². The summed E-state index contributed by atoms with van der Waals surface area (Å²) in [6.07, 6.45) is 5.68. The lowest BCUT2D eigenvalue weighted by atomic mass is 9.99. The molecule has 1 unspecified atom stereocenters. The third kappa shape index (κ3) is 3.00. The van der Waals surface area contributed by atoms with Crippen LogP contribution in [0.15, 0.2) is 47.1 Å². The van der Waals surface area contributed by atoms with Crippen molar-refractivity contribution in [3.8, 4) is 0 Å². The Balaban J connectivity index is 1.88. The fourth-order valence-corrected chi connectivity index (χ4v) is 3.60. The summed E-state index contributed by atoms with van der Waals surface area (Å²) in [5.74, 6) is 0.117. The Bertz CT molecular complexity index is 721. The molecule has 0 fully saturated rings. The number of carbonyl (C=O) groups excluding carboxylic acids is 1. The van der Waals surface area contributed by atoms with Gasteiger partial charge in [-0.25, -0.2) is 0 Å². The molecule has 22 heavy (non-hydrogen) atoms. The van der Waals surface area contributed by atoms with Gasteiger partial charge in [0.15, 0.2) is 5.78 Å². The minimum Gasteiger partial charge on any atom is -0.383 e. The number of thioether (sulfide) groups is 1. The van der Waals surface area contributed by atoms with Gasteiger partial charge in [-0.1, -0.05) is 12.1 Å². The molecule has 114 valence electrons. The maximum absolute atomic E-state index is 12.7. The van der Waals surface area contributed by atoms with Crippen molar-refractivity contribution in [1.82, 2.24) is 9.78 Å². The van der Waals surface area contributed by atoms with Gasteiger partial charge in [-0.2, -0.15) is 5.10 Å². The van der Waals surface area contributed by atoms with Crippen molar-refractivity contribution in [2.45, 2.75) is 23.6 Å². The predicted molar refractivity (Wildman–Crippen MR) is 88.2 cm³/mol. The number of hydrogen-bond acceptors (Lipinski definition) is 4. The van der Waals surface area contributed by atoms with Gasteiger partial charge in [0.25, 0.3) is 0 Å². The van der Waals surface area contributed by atoms with Crippen LogP contribution in [0.5, 0.6) is 0 Å². The topological polar surface area (TPSA) is 44.1 Å². The monoisotopic (exact) mass is 314 g/mol. The first-order valence-corrected chi connectivity index (χ1v) is 8.10. The molecule has 3 rings (SSSR count). The van der Waals surface area contributed by atoms with E-state index >= 15 is 0 Å². The number of hydrogen-bond donors (Lipinski definition) is 0. The van der Waals surface area contributed by atoms with Gasteiger partial charge in [-0.3, -0.25) is 9.48 Å². The van der Waals surface area contributed by atoms with E-state index in [0.29, 0.717) is 13.2 Å². The molecule has 1 aliphatic rings. The van der Waals surface area contributed by atoms with Crippen LogP contribution in [-0.2, 0) is 11.3 Å². The van der Waals surface area contributed by atoms with Crippen LogP contribution in [0, 0.1) is 0 Å². The lowest BCUT2D eigenvalue weighted by Crippen LogP contribution is -2.18. The zero-order valence-electron chi connectivity index (χ0n) is 12.7. The highest BCUT2D eigenvalue weighted by molar-refractivity contribution is 8.00. The van der Waals surface area contributed by atoms with Crippen molar-refractivity contribution < 1.29 is 9.53 Å². The van der Waals surface area contributed by atoms with E-state index in [0.717, 1.165) is 21.6 Å². The van der Waals surface area contributed by atoms with Crippen LogP contribution in [0.4, 0.5) is 0 Å². The first kappa shape index (κ1) is 15.1. The molecule has 1 aliphatic heterocycles. The van der Waals surface area contributed by atoms with Gasteiger partial charge in [0.05, 0.1) is 19.3 Å². The number of nitrogens with zero attached hydrogens (tertiary/aromatic N) is 2. The van der Waals surface area contributed by atoms with Crippen molar-refractivity contribution in [3.05, 3.63) is 53.4 Å². The Morgan fingerprint density at radius 1 is 1.41 bits per heavy atom. The molecule has 2 heterocycles. The molecule has 0 saturated carbocycles. The normalized spacial score (nSPS) is 19.5. The molecule has 0 N–H and O–H groups in total. The van der Waals surface area contributed by atoms with Gasteiger partial charge in [-0.05, 0) is 25.1 Å². The summed E-state index contributed by atoms with van der Waals surface area (Å²) in [7, 11) is 1.67. The van der Waals surface area contributed by atoms with Crippen LogP contribution in [0.3, 0.4) is 0 Å². The predicted octanol–water partition coefficient (Wildman–Crippen LogP) is 3.29. The van der Waals surface area contributed by atoms with Gasteiger partial charge < -0.3 is 4.74 Å².